The molecule has 0 unspecified atom stereocenters. The first kappa shape index (κ1) is 21.9. The van der Waals surface area contributed by atoms with Crippen LogP contribution in [-0.4, -0.2) is 43.8 Å². The number of aromatic hydroxyl groups is 1. The second kappa shape index (κ2) is 9.07. The Hall–Kier alpha value is -2.28. The molecule has 1 fully saturated rings. The van der Waals surface area contributed by atoms with Gasteiger partial charge in [0.1, 0.15) is 23.4 Å². The zero-order valence-corrected chi connectivity index (χ0v) is 18.8. The lowest BCUT2D eigenvalue weighted by Gasteiger charge is -2.15. The maximum atomic E-state index is 12.6. The lowest BCUT2D eigenvalue weighted by atomic mass is 9.97. The van der Waals surface area contributed by atoms with Crippen LogP contribution in [0.25, 0.3) is 6.08 Å². The minimum atomic E-state index is -3.24. The highest BCUT2D eigenvalue weighted by molar-refractivity contribution is 7.92. The number of allylic oxidation sites excluding steroid dienone is 1. The summed E-state index contributed by atoms with van der Waals surface area (Å²) < 4.78 is 37.0. The van der Waals surface area contributed by atoms with E-state index in [0.29, 0.717) is 11.4 Å². The minimum absolute atomic E-state index is 0.0393. The Bertz CT molecular complexity index is 1120. The van der Waals surface area contributed by atoms with Crippen LogP contribution in [0.5, 0.6) is 11.5 Å². The fraction of sp³-hybridized carbons (Fsp3) is 0.333. The summed E-state index contributed by atoms with van der Waals surface area (Å²) in [5, 5.41) is 9.44. The van der Waals surface area contributed by atoms with Crippen LogP contribution in [0.3, 0.4) is 0 Å². The highest BCUT2D eigenvalue weighted by Gasteiger charge is 2.46. The summed E-state index contributed by atoms with van der Waals surface area (Å²) in [7, 11) is -3.24. The normalized spacial score (nSPS) is 22.6. The van der Waals surface area contributed by atoms with Gasteiger partial charge in [-0.25, -0.2) is 8.42 Å². The summed E-state index contributed by atoms with van der Waals surface area (Å²) in [6, 6.07) is 14.3. The molecule has 0 aromatic heterocycles. The van der Waals surface area contributed by atoms with Crippen molar-refractivity contribution in [2.24, 2.45) is 0 Å². The molecular weight excluding hydrogens is 436 g/mol. The average molecular weight is 461 g/mol. The lowest BCUT2D eigenvalue weighted by Crippen LogP contribution is -2.19. The molecular formula is C24H25ClO5S. The quantitative estimate of drug-likeness (QED) is 0.601. The zero-order chi connectivity index (χ0) is 22.0. The van der Waals surface area contributed by atoms with Crippen molar-refractivity contribution in [3.05, 3.63) is 75.8 Å². The van der Waals surface area contributed by atoms with E-state index < -0.39 is 15.1 Å². The number of fused-ring (bicyclic) bond motifs is 1. The Balaban J connectivity index is 1.47. The van der Waals surface area contributed by atoms with Gasteiger partial charge in [-0.05, 0) is 66.8 Å². The van der Waals surface area contributed by atoms with Crippen LogP contribution < -0.4 is 4.74 Å². The maximum Gasteiger partial charge on any atom is 0.163 e. The molecule has 0 aliphatic carbocycles. The second-order valence-corrected chi connectivity index (χ2v) is 10.6. The molecule has 1 saturated heterocycles. The molecule has 0 spiro atoms. The van der Waals surface area contributed by atoms with Crippen LogP contribution in [0.2, 0.25) is 5.02 Å². The number of sulfone groups is 1. The highest BCUT2D eigenvalue weighted by Crippen LogP contribution is 2.39. The van der Waals surface area contributed by atoms with Crippen molar-refractivity contribution in [1.82, 2.24) is 0 Å². The molecule has 4 rings (SSSR count). The molecule has 7 heteroatoms. The third-order valence-corrected chi connectivity index (χ3v) is 8.04. The fourth-order valence-electron chi connectivity index (χ4n) is 4.15. The molecule has 2 heterocycles. The van der Waals surface area contributed by atoms with E-state index in [4.69, 9.17) is 21.1 Å². The van der Waals surface area contributed by atoms with Gasteiger partial charge in [0, 0.05) is 0 Å². The molecule has 2 atom stereocenters. The van der Waals surface area contributed by atoms with E-state index in [1.165, 1.54) is 6.07 Å². The third-order valence-electron chi connectivity index (χ3n) is 5.70. The van der Waals surface area contributed by atoms with Crippen molar-refractivity contribution in [3.63, 3.8) is 0 Å². The molecule has 2 aliphatic heterocycles. The summed E-state index contributed by atoms with van der Waals surface area (Å²) in [6.07, 6.45) is 3.18. The van der Waals surface area contributed by atoms with Crippen molar-refractivity contribution in [2.75, 3.05) is 19.0 Å². The number of phenolic OH excluding ortho intramolecular Hbond substituents is 1. The summed E-state index contributed by atoms with van der Waals surface area (Å²) in [5.74, 6) is 0.888. The molecule has 0 amide bonds. The first-order chi connectivity index (χ1) is 14.8. The second-order valence-electron chi connectivity index (χ2n) is 8.01. The van der Waals surface area contributed by atoms with Crippen molar-refractivity contribution >= 4 is 27.5 Å². The molecule has 2 aliphatic rings. The number of ether oxygens (including phenoxy) is 2. The average Bonchev–Trinajstić information content (AvgIpc) is 3.27. The number of hydrogen-bond acceptors (Lipinski definition) is 5. The topological polar surface area (TPSA) is 72.8 Å². The Morgan fingerprint density at radius 3 is 2.77 bits per heavy atom. The minimum Gasteiger partial charge on any atom is -0.508 e. The van der Waals surface area contributed by atoms with Gasteiger partial charge < -0.3 is 14.6 Å². The van der Waals surface area contributed by atoms with Gasteiger partial charge in [-0.15, -0.1) is 0 Å². The van der Waals surface area contributed by atoms with Gasteiger partial charge in [-0.3, -0.25) is 0 Å². The first-order valence-corrected chi connectivity index (χ1v) is 12.3. The predicted molar refractivity (Wildman–Crippen MR) is 122 cm³/mol. The van der Waals surface area contributed by atoms with Crippen molar-refractivity contribution in [3.8, 4) is 11.5 Å². The lowest BCUT2D eigenvalue weighted by molar-refractivity contribution is 0.117. The van der Waals surface area contributed by atoms with E-state index in [2.05, 4.69) is 0 Å². The van der Waals surface area contributed by atoms with Crippen LogP contribution in [0.1, 0.15) is 25.3 Å². The number of rotatable bonds is 7. The van der Waals surface area contributed by atoms with Crippen LogP contribution in [-0.2, 0) is 14.6 Å². The molecule has 5 nitrogen and oxygen atoms in total. The maximum absolute atomic E-state index is 12.6. The van der Waals surface area contributed by atoms with E-state index in [-0.39, 0.29) is 30.8 Å². The van der Waals surface area contributed by atoms with E-state index in [1.807, 2.05) is 43.3 Å². The Morgan fingerprint density at radius 2 is 2.03 bits per heavy atom. The summed E-state index contributed by atoms with van der Waals surface area (Å²) in [5.41, 5.74) is 3.64. The largest absolute Gasteiger partial charge is 0.508 e. The van der Waals surface area contributed by atoms with Gasteiger partial charge in [0.05, 0.1) is 23.5 Å². The van der Waals surface area contributed by atoms with Crippen LogP contribution >= 0.6 is 11.6 Å². The smallest absolute Gasteiger partial charge is 0.163 e. The van der Waals surface area contributed by atoms with E-state index in [9.17, 15) is 13.5 Å². The Labute approximate surface area is 187 Å². The molecule has 0 saturated carbocycles. The Morgan fingerprint density at radius 1 is 1.26 bits per heavy atom. The SMILES string of the molecule is C/C(=C\c1ccc(O)cc1Cl)CC[C@H]1OC[C@H]2C1=C(COc1ccccc1)CS2(=O)=O. The van der Waals surface area contributed by atoms with Gasteiger partial charge in [0.2, 0.25) is 0 Å². The number of benzene rings is 2. The fourth-order valence-corrected chi connectivity index (χ4v) is 6.31. The molecule has 31 heavy (non-hydrogen) atoms. The van der Waals surface area contributed by atoms with Gasteiger partial charge in [-0.1, -0.05) is 41.4 Å². The number of hydrogen-bond donors (Lipinski definition) is 1. The molecule has 0 bridgehead atoms. The summed E-state index contributed by atoms with van der Waals surface area (Å²) in [6.45, 7) is 2.48. The van der Waals surface area contributed by atoms with Crippen LogP contribution in [0, 0.1) is 0 Å². The Kier molecular flexibility index (Phi) is 6.42. The van der Waals surface area contributed by atoms with E-state index in [0.717, 1.165) is 34.5 Å². The molecule has 2 aromatic rings. The first-order valence-electron chi connectivity index (χ1n) is 10.2. The van der Waals surface area contributed by atoms with Gasteiger partial charge >= 0.3 is 0 Å². The van der Waals surface area contributed by atoms with Crippen molar-refractivity contribution < 1.29 is 23.0 Å². The van der Waals surface area contributed by atoms with E-state index in [1.54, 1.807) is 12.1 Å². The van der Waals surface area contributed by atoms with Gasteiger partial charge in [-0.2, -0.15) is 0 Å². The predicted octanol–water partition coefficient (Wildman–Crippen LogP) is 4.80. The number of para-hydroxylation sites is 1. The molecule has 2 aromatic carbocycles. The molecule has 1 N–H and O–H groups in total. The van der Waals surface area contributed by atoms with Crippen molar-refractivity contribution in [2.45, 2.75) is 31.1 Å². The standard InChI is InChI=1S/C24H25ClO5S/c1-16(11-17-8-9-19(26)12-21(17)25)7-10-22-24-18(13-29-20-5-3-2-4-6-20)15-31(27,28)23(24)14-30-22/h2-6,8-9,11-12,22-23,26H,7,10,13-15H2,1H3/b16-11+/t22-,23+/m1/s1. The third kappa shape index (κ3) is 4.97. The molecule has 0 radical (unpaired) electrons. The monoisotopic (exact) mass is 460 g/mol. The van der Waals surface area contributed by atoms with Gasteiger partial charge in [0.15, 0.2) is 9.84 Å². The number of phenols is 1. The molecule has 164 valence electrons. The van der Waals surface area contributed by atoms with Crippen LogP contribution in [0.15, 0.2) is 65.3 Å². The van der Waals surface area contributed by atoms with Crippen molar-refractivity contribution in [1.29, 1.82) is 0 Å². The highest BCUT2D eigenvalue weighted by atomic mass is 35.5. The van der Waals surface area contributed by atoms with Gasteiger partial charge in [0.25, 0.3) is 0 Å². The zero-order valence-electron chi connectivity index (χ0n) is 17.3. The summed E-state index contributed by atoms with van der Waals surface area (Å²) >= 11 is 6.19. The van der Waals surface area contributed by atoms with E-state index >= 15 is 0 Å². The summed E-state index contributed by atoms with van der Waals surface area (Å²) in [4.78, 5) is 0. The van der Waals surface area contributed by atoms with Crippen LogP contribution in [0.4, 0.5) is 0 Å². The number of halogens is 1.